The summed E-state index contributed by atoms with van der Waals surface area (Å²) in [5, 5.41) is 1.33. The van der Waals surface area contributed by atoms with Crippen LogP contribution in [0.15, 0.2) is 55.1 Å². The molecule has 0 radical (unpaired) electrons. The fraction of sp³-hybridized carbons (Fsp3) is 0. The lowest BCUT2D eigenvalue weighted by molar-refractivity contribution is 1.56. The van der Waals surface area contributed by atoms with Crippen molar-refractivity contribution in [3.63, 3.8) is 0 Å². The van der Waals surface area contributed by atoms with Crippen molar-refractivity contribution >= 4 is 28.8 Å². The molecule has 0 aliphatic carbocycles. The van der Waals surface area contributed by atoms with Crippen LogP contribution in [0.2, 0.25) is 10.0 Å². The molecule has 0 N–H and O–H groups in total. The third kappa shape index (κ3) is 2.29. The largest absolute Gasteiger partial charge is 0.0905 e. The predicted octanol–water partition coefficient (Wildman–Crippen LogP) is 5.05. The van der Waals surface area contributed by atoms with Crippen LogP contribution in [0.25, 0.3) is 5.57 Å². The van der Waals surface area contributed by atoms with E-state index in [0.717, 1.165) is 16.7 Å². The zero-order valence-electron chi connectivity index (χ0n) is 8.58. The van der Waals surface area contributed by atoms with Gasteiger partial charge in [0.25, 0.3) is 0 Å². The van der Waals surface area contributed by atoms with Crippen molar-refractivity contribution in [3.05, 3.63) is 76.3 Å². The van der Waals surface area contributed by atoms with E-state index in [4.69, 9.17) is 23.2 Å². The van der Waals surface area contributed by atoms with Crippen LogP contribution in [0, 0.1) is 0 Å². The zero-order chi connectivity index (χ0) is 11.5. The average molecular weight is 249 g/mol. The molecule has 0 bridgehead atoms. The highest BCUT2D eigenvalue weighted by molar-refractivity contribution is 6.34. The highest BCUT2D eigenvalue weighted by atomic mass is 35.5. The maximum absolute atomic E-state index is 6.12. The van der Waals surface area contributed by atoms with Crippen molar-refractivity contribution in [1.29, 1.82) is 0 Å². The van der Waals surface area contributed by atoms with Gasteiger partial charge in [0.1, 0.15) is 0 Å². The Bertz CT molecular complexity index is 516. The van der Waals surface area contributed by atoms with E-state index in [2.05, 4.69) is 6.58 Å². The van der Waals surface area contributed by atoms with Crippen LogP contribution in [0.4, 0.5) is 0 Å². The monoisotopic (exact) mass is 248 g/mol. The third-order valence-electron chi connectivity index (χ3n) is 2.38. The first-order valence-corrected chi connectivity index (χ1v) is 5.64. The first kappa shape index (κ1) is 11.3. The minimum absolute atomic E-state index is 0.663. The standard InChI is InChI=1S/C14H10Cl2/c1-10(11-5-3-2-4-6-11)13-9-12(15)7-8-14(13)16/h2-9H,1H2. The Morgan fingerprint density at radius 1 is 0.938 bits per heavy atom. The summed E-state index contributed by atoms with van der Waals surface area (Å²) in [7, 11) is 0. The first-order chi connectivity index (χ1) is 7.68. The summed E-state index contributed by atoms with van der Waals surface area (Å²) in [5.74, 6) is 0. The molecule has 2 aromatic carbocycles. The van der Waals surface area contributed by atoms with Crippen LogP contribution in [0.5, 0.6) is 0 Å². The molecule has 0 aromatic heterocycles. The predicted molar refractivity (Wildman–Crippen MR) is 71.0 cm³/mol. The van der Waals surface area contributed by atoms with E-state index in [9.17, 15) is 0 Å². The normalized spacial score (nSPS) is 10.1. The van der Waals surface area contributed by atoms with Gasteiger partial charge in [0.05, 0.1) is 0 Å². The van der Waals surface area contributed by atoms with Gasteiger partial charge in [0.15, 0.2) is 0 Å². The fourth-order valence-electron chi connectivity index (χ4n) is 1.52. The molecule has 0 amide bonds. The van der Waals surface area contributed by atoms with Crippen LogP contribution in [0.3, 0.4) is 0 Å². The molecule has 0 saturated carbocycles. The minimum atomic E-state index is 0.663. The molecule has 2 heteroatoms. The molecule has 80 valence electrons. The molecule has 0 nitrogen and oxygen atoms in total. The summed E-state index contributed by atoms with van der Waals surface area (Å²) in [6.07, 6.45) is 0. The summed E-state index contributed by atoms with van der Waals surface area (Å²) in [6, 6.07) is 15.3. The van der Waals surface area contributed by atoms with Gasteiger partial charge >= 0.3 is 0 Å². The fourth-order valence-corrected chi connectivity index (χ4v) is 1.93. The van der Waals surface area contributed by atoms with Crippen molar-refractivity contribution < 1.29 is 0 Å². The second-order valence-electron chi connectivity index (χ2n) is 3.47. The molecule has 0 heterocycles. The quantitative estimate of drug-likeness (QED) is 0.698. The molecule has 0 saturated heterocycles. The van der Waals surface area contributed by atoms with Gasteiger partial charge in [-0.1, -0.05) is 60.1 Å². The van der Waals surface area contributed by atoms with Gasteiger partial charge in [0.2, 0.25) is 0 Å². The molecule has 0 aliphatic rings. The Labute approximate surface area is 105 Å². The summed E-state index contributed by atoms with van der Waals surface area (Å²) in [5.41, 5.74) is 2.81. The van der Waals surface area contributed by atoms with Crippen molar-refractivity contribution in [1.82, 2.24) is 0 Å². The van der Waals surface area contributed by atoms with Gasteiger partial charge in [-0.05, 0) is 29.3 Å². The van der Waals surface area contributed by atoms with E-state index in [-0.39, 0.29) is 0 Å². The van der Waals surface area contributed by atoms with Gasteiger partial charge in [-0.15, -0.1) is 0 Å². The maximum Gasteiger partial charge on any atom is 0.0485 e. The summed E-state index contributed by atoms with van der Waals surface area (Å²) < 4.78 is 0. The molecule has 2 rings (SSSR count). The molecule has 0 aliphatic heterocycles. The lowest BCUT2D eigenvalue weighted by Crippen LogP contribution is -1.87. The molecule has 0 fully saturated rings. The lowest BCUT2D eigenvalue weighted by atomic mass is 10.00. The van der Waals surface area contributed by atoms with E-state index in [1.165, 1.54) is 0 Å². The van der Waals surface area contributed by atoms with E-state index in [1.54, 1.807) is 12.1 Å². The van der Waals surface area contributed by atoms with Crippen LogP contribution in [-0.2, 0) is 0 Å². The van der Waals surface area contributed by atoms with Crippen molar-refractivity contribution in [2.24, 2.45) is 0 Å². The van der Waals surface area contributed by atoms with Crippen molar-refractivity contribution in [3.8, 4) is 0 Å². The SMILES string of the molecule is C=C(c1ccccc1)c1cc(Cl)ccc1Cl. The topological polar surface area (TPSA) is 0 Å². The number of hydrogen-bond acceptors (Lipinski definition) is 0. The Morgan fingerprint density at radius 3 is 2.31 bits per heavy atom. The molecule has 16 heavy (non-hydrogen) atoms. The van der Waals surface area contributed by atoms with Crippen molar-refractivity contribution in [2.45, 2.75) is 0 Å². The molecular weight excluding hydrogens is 239 g/mol. The molecule has 0 spiro atoms. The maximum atomic E-state index is 6.12. The summed E-state index contributed by atoms with van der Waals surface area (Å²) >= 11 is 12.1. The first-order valence-electron chi connectivity index (χ1n) is 4.88. The van der Waals surface area contributed by atoms with Crippen LogP contribution < -0.4 is 0 Å². The molecule has 2 aromatic rings. The highest BCUT2D eigenvalue weighted by Gasteiger charge is 2.06. The van der Waals surface area contributed by atoms with Crippen LogP contribution in [-0.4, -0.2) is 0 Å². The van der Waals surface area contributed by atoms with E-state index < -0.39 is 0 Å². The number of halogens is 2. The van der Waals surface area contributed by atoms with E-state index >= 15 is 0 Å². The van der Waals surface area contributed by atoms with Crippen LogP contribution in [0.1, 0.15) is 11.1 Å². The zero-order valence-corrected chi connectivity index (χ0v) is 10.1. The summed E-state index contributed by atoms with van der Waals surface area (Å²) in [6.45, 7) is 4.05. The lowest BCUT2D eigenvalue weighted by Gasteiger charge is -2.08. The van der Waals surface area contributed by atoms with Gasteiger partial charge < -0.3 is 0 Å². The van der Waals surface area contributed by atoms with Gasteiger partial charge in [-0.25, -0.2) is 0 Å². The Hall–Kier alpha value is -1.24. The van der Waals surface area contributed by atoms with Crippen molar-refractivity contribution in [2.75, 3.05) is 0 Å². The molecule has 0 unspecified atom stereocenters. The Kier molecular flexibility index (Phi) is 3.33. The number of benzene rings is 2. The second-order valence-corrected chi connectivity index (χ2v) is 4.31. The number of hydrogen-bond donors (Lipinski definition) is 0. The number of rotatable bonds is 2. The van der Waals surface area contributed by atoms with Gasteiger partial charge in [-0.3, -0.25) is 0 Å². The van der Waals surface area contributed by atoms with Crippen LogP contribution >= 0.6 is 23.2 Å². The average Bonchev–Trinajstić information content (AvgIpc) is 2.32. The van der Waals surface area contributed by atoms with Gasteiger partial charge in [-0.2, -0.15) is 0 Å². The highest BCUT2D eigenvalue weighted by Crippen LogP contribution is 2.30. The Morgan fingerprint density at radius 2 is 1.62 bits per heavy atom. The Balaban J connectivity index is 2.46. The minimum Gasteiger partial charge on any atom is -0.0905 e. The third-order valence-corrected chi connectivity index (χ3v) is 2.94. The summed E-state index contributed by atoms with van der Waals surface area (Å²) in [4.78, 5) is 0. The molecule has 0 atom stereocenters. The van der Waals surface area contributed by atoms with Gasteiger partial charge in [0, 0.05) is 15.6 Å². The van der Waals surface area contributed by atoms with E-state index in [1.807, 2.05) is 36.4 Å². The molecular formula is C14H10Cl2. The smallest absolute Gasteiger partial charge is 0.0485 e. The van der Waals surface area contributed by atoms with E-state index in [0.29, 0.717) is 10.0 Å². The second kappa shape index (κ2) is 4.73.